The molecule has 0 bridgehead atoms. The van der Waals surface area contributed by atoms with E-state index in [4.69, 9.17) is 9.47 Å². The molecule has 2 aliphatic rings. The summed E-state index contributed by atoms with van der Waals surface area (Å²) in [6.45, 7) is 8.13. The van der Waals surface area contributed by atoms with Crippen LogP contribution in [0, 0.1) is 0 Å². The van der Waals surface area contributed by atoms with Crippen LogP contribution in [-0.4, -0.2) is 59.4 Å². The fourth-order valence-electron chi connectivity index (χ4n) is 6.62. The number of benzene rings is 3. The molecule has 1 saturated heterocycles. The van der Waals surface area contributed by atoms with Crippen LogP contribution in [0.5, 0.6) is 11.5 Å². The predicted molar refractivity (Wildman–Crippen MR) is 164 cm³/mol. The summed E-state index contributed by atoms with van der Waals surface area (Å²) in [5.74, 6) is 1.23. The molecule has 0 saturated carbocycles. The highest BCUT2D eigenvalue weighted by Crippen LogP contribution is 2.49. The minimum absolute atomic E-state index is 0.0280. The summed E-state index contributed by atoms with van der Waals surface area (Å²) in [7, 11) is 0. The third kappa shape index (κ3) is 4.81. The summed E-state index contributed by atoms with van der Waals surface area (Å²) in [5.41, 5.74) is 3.99. The van der Waals surface area contributed by atoms with Crippen LogP contribution in [0.25, 0.3) is 10.9 Å². The normalized spacial score (nSPS) is 20.0. The predicted octanol–water partition coefficient (Wildman–Crippen LogP) is 6.02. The SMILES string of the molecule is CCCOc1ccc(C2CN3C(=O)CN(CCCc4ccccc4)C(=O)[C@]3(C)c3[nH]c4ccccc4c32)cc1OCC. The molecule has 0 spiro atoms. The average Bonchev–Trinajstić information content (AvgIpc) is 3.41. The van der Waals surface area contributed by atoms with Gasteiger partial charge in [-0.3, -0.25) is 9.59 Å². The highest BCUT2D eigenvalue weighted by atomic mass is 16.5. The van der Waals surface area contributed by atoms with E-state index < -0.39 is 5.54 Å². The number of hydrogen-bond donors (Lipinski definition) is 1. The first kappa shape index (κ1) is 27.9. The van der Waals surface area contributed by atoms with E-state index in [0.717, 1.165) is 52.7 Å². The zero-order chi connectivity index (χ0) is 29.3. The Morgan fingerprint density at radius 1 is 0.952 bits per heavy atom. The van der Waals surface area contributed by atoms with E-state index in [9.17, 15) is 9.59 Å². The van der Waals surface area contributed by atoms with Gasteiger partial charge in [0.1, 0.15) is 0 Å². The molecule has 2 atom stereocenters. The van der Waals surface area contributed by atoms with Gasteiger partial charge in [-0.2, -0.15) is 0 Å². The maximum absolute atomic E-state index is 14.3. The average molecular weight is 566 g/mol. The zero-order valence-electron chi connectivity index (χ0n) is 24.7. The molecule has 218 valence electrons. The van der Waals surface area contributed by atoms with Crippen molar-refractivity contribution < 1.29 is 19.1 Å². The molecule has 1 N–H and O–H groups in total. The third-order valence-electron chi connectivity index (χ3n) is 8.69. The van der Waals surface area contributed by atoms with Crippen LogP contribution in [0.3, 0.4) is 0 Å². The number of rotatable bonds is 10. The first-order valence-corrected chi connectivity index (χ1v) is 15.1. The molecule has 3 heterocycles. The van der Waals surface area contributed by atoms with Gasteiger partial charge in [0.05, 0.1) is 25.5 Å². The van der Waals surface area contributed by atoms with Gasteiger partial charge in [0.2, 0.25) is 5.91 Å². The summed E-state index contributed by atoms with van der Waals surface area (Å²) in [5, 5.41) is 1.07. The minimum Gasteiger partial charge on any atom is -0.490 e. The molecule has 1 aromatic heterocycles. The number of para-hydroxylation sites is 1. The van der Waals surface area contributed by atoms with Gasteiger partial charge in [-0.25, -0.2) is 0 Å². The largest absolute Gasteiger partial charge is 0.490 e. The van der Waals surface area contributed by atoms with Crippen molar-refractivity contribution in [2.75, 3.05) is 32.8 Å². The number of carbonyl (C=O) groups excluding carboxylic acids is 2. The van der Waals surface area contributed by atoms with Crippen LogP contribution in [0.15, 0.2) is 72.8 Å². The summed E-state index contributed by atoms with van der Waals surface area (Å²) < 4.78 is 12.0. The van der Waals surface area contributed by atoms with E-state index in [2.05, 4.69) is 36.2 Å². The number of H-pyrrole nitrogens is 1. The van der Waals surface area contributed by atoms with Crippen molar-refractivity contribution in [3.8, 4) is 11.5 Å². The lowest BCUT2D eigenvalue weighted by Crippen LogP contribution is -2.67. The number of nitrogens with zero attached hydrogens (tertiary/aromatic N) is 2. The number of piperazine rings is 1. The fourth-order valence-corrected chi connectivity index (χ4v) is 6.62. The summed E-state index contributed by atoms with van der Waals surface area (Å²) in [4.78, 5) is 35.3. The Hall–Kier alpha value is -4.26. The molecule has 6 rings (SSSR count). The van der Waals surface area contributed by atoms with Crippen molar-refractivity contribution in [2.24, 2.45) is 0 Å². The quantitative estimate of drug-likeness (QED) is 0.255. The molecule has 7 nitrogen and oxygen atoms in total. The lowest BCUT2D eigenvalue weighted by atomic mass is 9.76. The van der Waals surface area contributed by atoms with E-state index in [0.29, 0.717) is 32.1 Å². The van der Waals surface area contributed by atoms with Gasteiger partial charge < -0.3 is 24.3 Å². The van der Waals surface area contributed by atoms with Crippen molar-refractivity contribution in [3.63, 3.8) is 0 Å². The van der Waals surface area contributed by atoms with E-state index in [-0.39, 0.29) is 24.3 Å². The summed E-state index contributed by atoms with van der Waals surface area (Å²) >= 11 is 0. The standard InChI is InChI=1S/C35H39N3O4/c1-4-20-42-29-18-17-25(21-30(29)41-5-2)27-22-38-31(39)23-37(19-11-14-24-12-7-6-8-13-24)34(40)35(38,3)33-32(27)26-15-9-10-16-28(26)36-33/h6-10,12-13,15-18,21,27,36H,4-5,11,14,19-20,22-23H2,1-3H3/t27?,35-/m0/s1. The van der Waals surface area contributed by atoms with E-state index in [1.807, 2.05) is 62.4 Å². The number of amides is 2. The van der Waals surface area contributed by atoms with Gasteiger partial charge in [0.15, 0.2) is 17.0 Å². The van der Waals surface area contributed by atoms with Crippen molar-refractivity contribution in [1.29, 1.82) is 0 Å². The molecule has 7 heteroatoms. The zero-order valence-corrected chi connectivity index (χ0v) is 24.7. The Morgan fingerprint density at radius 2 is 1.74 bits per heavy atom. The second-order valence-electron chi connectivity index (χ2n) is 11.4. The van der Waals surface area contributed by atoms with Crippen LogP contribution < -0.4 is 9.47 Å². The number of fused-ring (bicyclic) bond motifs is 5. The first-order valence-electron chi connectivity index (χ1n) is 15.1. The lowest BCUT2D eigenvalue weighted by Gasteiger charge is -2.51. The van der Waals surface area contributed by atoms with Crippen LogP contribution in [0.1, 0.15) is 61.9 Å². The summed E-state index contributed by atoms with van der Waals surface area (Å²) in [6, 6.07) is 24.5. The smallest absolute Gasteiger partial charge is 0.254 e. The highest BCUT2D eigenvalue weighted by molar-refractivity contribution is 6.01. The number of ether oxygens (including phenoxy) is 2. The molecule has 2 aliphatic heterocycles. The van der Waals surface area contributed by atoms with Gasteiger partial charge in [-0.15, -0.1) is 0 Å². The molecule has 1 fully saturated rings. The number of carbonyl (C=O) groups is 2. The van der Waals surface area contributed by atoms with Crippen molar-refractivity contribution in [2.45, 2.75) is 51.5 Å². The maximum Gasteiger partial charge on any atom is 0.254 e. The third-order valence-corrected chi connectivity index (χ3v) is 8.69. The Labute approximate surface area is 247 Å². The Balaban J connectivity index is 1.39. The van der Waals surface area contributed by atoms with E-state index in [1.54, 1.807) is 9.80 Å². The maximum atomic E-state index is 14.3. The molecule has 4 aromatic rings. The summed E-state index contributed by atoms with van der Waals surface area (Å²) in [6.07, 6.45) is 2.56. The number of hydrogen-bond acceptors (Lipinski definition) is 4. The molecule has 3 aromatic carbocycles. The number of aromatic amines is 1. The van der Waals surface area contributed by atoms with Gasteiger partial charge in [0.25, 0.3) is 5.91 Å². The molecular formula is C35H39N3O4. The number of aromatic nitrogens is 1. The molecule has 0 radical (unpaired) electrons. The Bertz CT molecular complexity index is 1600. The van der Waals surface area contributed by atoms with Crippen LogP contribution in [-0.2, 0) is 21.5 Å². The van der Waals surface area contributed by atoms with Crippen LogP contribution >= 0.6 is 0 Å². The van der Waals surface area contributed by atoms with Gasteiger partial charge in [0, 0.05) is 29.9 Å². The Kier molecular flexibility index (Phi) is 7.67. The molecule has 2 amide bonds. The number of nitrogens with one attached hydrogen (secondary N) is 1. The molecular weight excluding hydrogens is 526 g/mol. The lowest BCUT2D eigenvalue weighted by molar-refractivity contribution is -0.166. The van der Waals surface area contributed by atoms with Crippen LogP contribution in [0.2, 0.25) is 0 Å². The van der Waals surface area contributed by atoms with Crippen LogP contribution in [0.4, 0.5) is 0 Å². The van der Waals surface area contributed by atoms with Gasteiger partial charge in [-0.05, 0) is 68.0 Å². The van der Waals surface area contributed by atoms with Crippen molar-refractivity contribution in [1.82, 2.24) is 14.8 Å². The van der Waals surface area contributed by atoms with Crippen molar-refractivity contribution in [3.05, 3.63) is 95.2 Å². The van der Waals surface area contributed by atoms with E-state index in [1.165, 1.54) is 5.56 Å². The number of aryl methyl sites for hydroxylation is 1. The van der Waals surface area contributed by atoms with E-state index >= 15 is 0 Å². The van der Waals surface area contributed by atoms with Gasteiger partial charge in [-0.1, -0.05) is 61.5 Å². The van der Waals surface area contributed by atoms with Gasteiger partial charge >= 0.3 is 0 Å². The first-order chi connectivity index (χ1) is 20.5. The van der Waals surface area contributed by atoms with Crippen molar-refractivity contribution >= 4 is 22.7 Å². The Morgan fingerprint density at radius 3 is 2.52 bits per heavy atom. The monoisotopic (exact) mass is 565 g/mol. The second-order valence-corrected chi connectivity index (χ2v) is 11.4. The minimum atomic E-state index is -1.11. The highest BCUT2D eigenvalue weighted by Gasteiger charge is 2.56. The molecule has 42 heavy (non-hydrogen) atoms. The topological polar surface area (TPSA) is 74.9 Å². The molecule has 1 unspecified atom stereocenters. The molecule has 0 aliphatic carbocycles. The second kappa shape index (κ2) is 11.6. The fraction of sp³-hybridized carbons (Fsp3) is 0.371.